The van der Waals surface area contributed by atoms with Gasteiger partial charge in [0.2, 0.25) is 0 Å². The van der Waals surface area contributed by atoms with E-state index >= 15 is 0 Å². The van der Waals surface area contributed by atoms with Gasteiger partial charge in [-0.25, -0.2) is 4.98 Å². The number of hydrogen-bond donors (Lipinski definition) is 1. The van der Waals surface area contributed by atoms with Gasteiger partial charge in [-0.05, 0) is 60.7 Å². The maximum atomic E-state index is 13.2. The molecule has 0 aliphatic carbocycles. The number of nitrogens with zero attached hydrogens (tertiary/aromatic N) is 1. The molecule has 5 nitrogen and oxygen atoms in total. The molecule has 0 spiro atoms. The molecular formula is C27H16ClF3N2O3. The SMILES string of the molecule is O=C(Nc1ccc(OC(F)(F)F)cc1)c1cc(-c2ccc(-c3ccccc3Cl)o2)nc2ccccc12. The fourth-order valence-electron chi connectivity index (χ4n) is 3.71. The predicted molar refractivity (Wildman–Crippen MR) is 131 cm³/mol. The molecule has 2 heterocycles. The van der Waals surface area contributed by atoms with Crippen molar-refractivity contribution in [1.82, 2.24) is 4.98 Å². The van der Waals surface area contributed by atoms with Gasteiger partial charge in [-0.2, -0.15) is 0 Å². The molecule has 9 heteroatoms. The van der Waals surface area contributed by atoms with Crippen molar-refractivity contribution >= 4 is 34.1 Å². The van der Waals surface area contributed by atoms with Crippen molar-refractivity contribution in [3.63, 3.8) is 0 Å². The summed E-state index contributed by atoms with van der Waals surface area (Å²) in [6, 6.07) is 24.4. The van der Waals surface area contributed by atoms with Gasteiger partial charge in [0.25, 0.3) is 5.91 Å². The minimum atomic E-state index is -4.80. The van der Waals surface area contributed by atoms with Crippen LogP contribution in [0.15, 0.2) is 95.4 Å². The summed E-state index contributed by atoms with van der Waals surface area (Å²) in [6.07, 6.45) is -4.80. The fraction of sp³-hybridized carbons (Fsp3) is 0.0370. The molecular weight excluding hydrogens is 493 g/mol. The van der Waals surface area contributed by atoms with Crippen molar-refractivity contribution in [2.75, 3.05) is 5.32 Å². The highest BCUT2D eigenvalue weighted by atomic mass is 35.5. The molecule has 2 aromatic heterocycles. The first-order valence-electron chi connectivity index (χ1n) is 10.7. The lowest BCUT2D eigenvalue weighted by Gasteiger charge is -2.11. The van der Waals surface area contributed by atoms with E-state index in [1.54, 1.807) is 48.5 Å². The Balaban J connectivity index is 1.47. The first-order chi connectivity index (χ1) is 17.3. The van der Waals surface area contributed by atoms with Gasteiger partial charge in [-0.15, -0.1) is 13.2 Å². The minimum Gasteiger partial charge on any atom is -0.454 e. The Morgan fingerprint density at radius 3 is 2.33 bits per heavy atom. The van der Waals surface area contributed by atoms with Crippen LogP contribution in [0, 0.1) is 0 Å². The highest BCUT2D eigenvalue weighted by molar-refractivity contribution is 6.33. The Morgan fingerprint density at radius 1 is 0.889 bits per heavy atom. The highest BCUT2D eigenvalue weighted by Crippen LogP contribution is 2.33. The first-order valence-corrected chi connectivity index (χ1v) is 11.1. The molecule has 0 radical (unpaired) electrons. The number of pyridine rings is 1. The lowest BCUT2D eigenvalue weighted by molar-refractivity contribution is -0.274. The van der Waals surface area contributed by atoms with Crippen LogP contribution < -0.4 is 10.1 Å². The van der Waals surface area contributed by atoms with Crippen molar-refractivity contribution in [3.8, 4) is 28.5 Å². The topological polar surface area (TPSA) is 64.4 Å². The number of anilines is 1. The molecule has 5 rings (SSSR count). The number of para-hydroxylation sites is 1. The second-order valence-corrected chi connectivity index (χ2v) is 8.15. The summed E-state index contributed by atoms with van der Waals surface area (Å²) in [7, 11) is 0. The van der Waals surface area contributed by atoms with E-state index in [-0.39, 0.29) is 5.75 Å². The molecule has 0 aliphatic heterocycles. The van der Waals surface area contributed by atoms with Crippen molar-refractivity contribution in [3.05, 3.63) is 102 Å². The summed E-state index contributed by atoms with van der Waals surface area (Å²) in [5.74, 6) is 0.151. The summed E-state index contributed by atoms with van der Waals surface area (Å²) in [4.78, 5) is 17.8. The Kier molecular flexibility index (Phi) is 6.12. The van der Waals surface area contributed by atoms with Crippen LogP contribution in [0.3, 0.4) is 0 Å². The third-order valence-electron chi connectivity index (χ3n) is 5.30. The van der Waals surface area contributed by atoms with Gasteiger partial charge in [-0.3, -0.25) is 4.79 Å². The first kappa shape index (κ1) is 23.4. The normalized spacial score (nSPS) is 11.4. The molecule has 3 aromatic carbocycles. The summed E-state index contributed by atoms with van der Waals surface area (Å²) < 4.78 is 47.1. The molecule has 0 aliphatic rings. The Morgan fingerprint density at radius 2 is 1.58 bits per heavy atom. The number of rotatable bonds is 5. The van der Waals surface area contributed by atoms with Crippen molar-refractivity contribution < 1.29 is 27.1 Å². The third kappa shape index (κ3) is 5.04. The van der Waals surface area contributed by atoms with Gasteiger partial charge in [0.1, 0.15) is 17.2 Å². The van der Waals surface area contributed by atoms with E-state index < -0.39 is 12.3 Å². The number of nitrogens with one attached hydrogen (secondary N) is 1. The number of hydrogen-bond acceptors (Lipinski definition) is 4. The fourth-order valence-corrected chi connectivity index (χ4v) is 3.94. The average Bonchev–Trinajstić information content (AvgIpc) is 3.34. The number of ether oxygens (including phenoxy) is 1. The Hall–Kier alpha value is -4.30. The number of benzene rings is 3. The monoisotopic (exact) mass is 508 g/mol. The van der Waals surface area contributed by atoms with E-state index in [4.69, 9.17) is 16.0 Å². The highest BCUT2D eigenvalue weighted by Gasteiger charge is 2.31. The number of fused-ring (bicyclic) bond motifs is 1. The van der Waals surface area contributed by atoms with Gasteiger partial charge in [0.15, 0.2) is 5.76 Å². The molecule has 1 N–H and O–H groups in total. The number of furan rings is 1. The van der Waals surface area contributed by atoms with Gasteiger partial charge in [0.05, 0.1) is 16.1 Å². The predicted octanol–water partition coefficient (Wildman–Crippen LogP) is 7.97. The number of carbonyl (C=O) groups excluding carboxylic acids is 1. The quantitative estimate of drug-likeness (QED) is 0.261. The molecule has 0 fully saturated rings. The number of halogens is 4. The van der Waals surface area contributed by atoms with E-state index in [0.29, 0.717) is 44.4 Å². The summed E-state index contributed by atoms with van der Waals surface area (Å²) in [5.41, 5.74) is 2.36. The van der Waals surface area contributed by atoms with Crippen LogP contribution in [0.25, 0.3) is 33.7 Å². The molecule has 0 bridgehead atoms. The molecule has 180 valence electrons. The van der Waals surface area contributed by atoms with Gasteiger partial charge in [-0.1, -0.05) is 41.9 Å². The molecule has 1 amide bonds. The Labute approximate surface area is 208 Å². The van der Waals surface area contributed by atoms with Crippen LogP contribution in [0.1, 0.15) is 10.4 Å². The van der Waals surface area contributed by atoms with E-state index in [2.05, 4.69) is 15.0 Å². The standard InChI is InChI=1S/C27H16ClF3N2O3/c28-21-7-3-1-6-19(21)24-13-14-25(35-24)23-15-20(18-5-2-4-8-22(18)33-23)26(34)32-16-9-11-17(12-10-16)36-27(29,30)31/h1-15H,(H,32,34). The maximum Gasteiger partial charge on any atom is 0.573 e. The molecule has 0 unspecified atom stereocenters. The van der Waals surface area contributed by atoms with Crippen LogP contribution >= 0.6 is 11.6 Å². The minimum absolute atomic E-state index is 0.302. The summed E-state index contributed by atoms with van der Waals surface area (Å²) in [5, 5.41) is 3.85. The molecule has 36 heavy (non-hydrogen) atoms. The average molecular weight is 509 g/mol. The van der Waals surface area contributed by atoms with Crippen molar-refractivity contribution in [2.45, 2.75) is 6.36 Å². The third-order valence-corrected chi connectivity index (χ3v) is 5.63. The molecule has 0 saturated carbocycles. The van der Waals surface area contributed by atoms with E-state index in [9.17, 15) is 18.0 Å². The smallest absolute Gasteiger partial charge is 0.454 e. The zero-order valence-electron chi connectivity index (χ0n) is 18.3. The van der Waals surface area contributed by atoms with Crippen LogP contribution in [0.5, 0.6) is 5.75 Å². The van der Waals surface area contributed by atoms with E-state index in [1.807, 2.05) is 18.2 Å². The van der Waals surface area contributed by atoms with Gasteiger partial charge in [0, 0.05) is 16.6 Å². The number of aromatic nitrogens is 1. The van der Waals surface area contributed by atoms with Crippen LogP contribution in [0.4, 0.5) is 18.9 Å². The summed E-state index contributed by atoms with van der Waals surface area (Å²) in [6.45, 7) is 0. The van der Waals surface area contributed by atoms with Crippen molar-refractivity contribution in [2.24, 2.45) is 0 Å². The van der Waals surface area contributed by atoms with E-state index in [0.717, 1.165) is 17.7 Å². The van der Waals surface area contributed by atoms with Gasteiger partial charge >= 0.3 is 6.36 Å². The second-order valence-electron chi connectivity index (χ2n) is 7.74. The van der Waals surface area contributed by atoms with Crippen LogP contribution in [-0.2, 0) is 0 Å². The van der Waals surface area contributed by atoms with E-state index in [1.165, 1.54) is 12.1 Å². The van der Waals surface area contributed by atoms with Gasteiger partial charge < -0.3 is 14.5 Å². The zero-order chi connectivity index (χ0) is 25.3. The van der Waals surface area contributed by atoms with Crippen molar-refractivity contribution in [1.29, 1.82) is 0 Å². The lowest BCUT2D eigenvalue weighted by atomic mass is 10.1. The molecule has 5 aromatic rings. The van der Waals surface area contributed by atoms with Crippen LogP contribution in [-0.4, -0.2) is 17.3 Å². The largest absolute Gasteiger partial charge is 0.573 e. The summed E-state index contributed by atoms with van der Waals surface area (Å²) >= 11 is 6.29. The molecule has 0 saturated heterocycles. The zero-order valence-corrected chi connectivity index (χ0v) is 19.1. The molecule has 0 atom stereocenters. The maximum absolute atomic E-state index is 13.2. The number of amides is 1. The Bertz CT molecular complexity index is 1560. The van der Waals surface area contributed by atoms with Crippen LogP contribution in [0.2, 0.25) is 5.02 Å². The number of carbonyl (C=O) groups is 1. The lowest BCUT2D eigenvalue weighted by Crippen LogP contribution is -2.17. The second kappa shape index (κ2) is 9.39. The number of alkyl halides is 3.